The normalized spacial score (nSPS) is 10.8. The Labute approximate surface area is 142 Å². The average molecular weight is 342 g/mol. The molecular weight excluding hydrogens is 327 g/mol. The van der Waals surface area contributed by atoms with Crippen molar-refractivity contribution in [1.29, 1.82) is 0 Å². The Hall–Kier alpha value is -3.22. The van der Waals surface area contributed by atoms with Gasteiger partial charge in [0.1, 0.15) is 5.82 Å². The fourth-order valence-corrected chi connectivity index (χ4v) is 2.59. The molecule has 0 fully saturated rings. The van der Waals surface area contributed by atoms with Crippen molar-refractivity contribution in [2.24, 2.45) is 0 Å². The molecule has 6 nitrogen and oxygen atoms in total. The van der Waals surface area contributed by atoms with Crippen molar-refractivity contribution >= 4 is 22.6 Å². The van der Waals surface area contributed by atoms with Crippen molar-refractivity contribution in [3.05, 3.63) is 75.7 Å². The van der Waals surface area contributed by atoms with Gasteiger partial charge in [-0.25, -0.2) is 9.18 Å². The number of fused-ring (bicyclic) bond motifs is 1. The minimum atomic E-state index is -0.529. The summed E-state index contributed by atoms with van der Waals surface area (Å²) in [5.74, 6) is -0.821. The number of aromatic amines is 1. The molecule has 0 aliphatic carbocycles. The third-order valence-electron chi connectivity index (χ3n) is 3.87. The zero-order valence-electron chi connectivity index (χ0n) is 13.2. The first kappa shape index (κ1) is 16.6. The maximum absolute atomic E-state index is 13.3. The zero-order valence-corrected chi connectivity index (χ0v) is 13.2. The van der Waals surface area contributed by atoms with E-state index in [0.717, 1.165) is 16.5 Å². The maximum atomic E-state index is 13.3. The largest absolute Gasteiger partial charge is 0.462 e. The molecule has 1 N–H and O–H groups in total. The van der Waals surface area contributed by atoms with Gasteiger partial charge in [0, 0.05) is 29.2 Å². The number of hydrogen-bond donors (Lipinski definition) is 1. The van der Waals surface area contributed by atoms with Gasteiger partial charge in [-0.15, -0.1) is 0 Å². The molecule has 0 amide bonds. The molecule has 7 heteroatoms. The van der Waals surface area contributed by atoms with Crippen LogP contribution in [0.15, 0.2) is 48.7 Å². The zero-order chi connectivity index (χ0) is 17.8. The molecule has 128 valence electrons. The van der Waals surface area contributed by atoms with Crippen molar-refractivity contribution in [3.8, 4) is 0 Å². The molecule has 0 spiro atoms. The maximum Gasteiger partial charge on any atom is 0.338 e. The number of carbonyl (C=O) groups excluding carboxylic acids is 1. The molecule has 0 radical (unpaired) electrons. The number of rotatable bonds is 6. The number of nitrogens with zero attached hydrogens (tertiary/aromatic N) is 1. The highest BCUT2D eigenvalue weighted by molar-refractivity contribution is 5.89. The highest BCUT2D eigenvalue weighted by Gasteiger charge is 2.11. The van der Waals surface area contributed by atoms with Crippen LogP contribution in [0.2, 0.25) is 0 Å². The lowest BCUT2D eigenvalue weighted by Crippen LogP contribution is -2.07. The number of benzene rings is 2. The summed E-state index contributed by atoms with van der Waals surface area (Å²) >= 11 is 0. The van der Waals surface area contributed by atoms with Crippen molar-refractivity contribution in [2.75, 3.05) is 6.61 Å². The number of nitro groups is 1. The number of carbonyl (C=O) groups is 1. The van der Waals surface area contributed by atoms with E-state index >= 15 is 0 Å². The number of halogens is 1. The molecule has 25 heavy (non-hydrogen) atoms. The number of nitrogens with one attached hydrogen (secondary N) is 1. The number of aromatic nitrogens is 1. The summed E-state index contributed by atoms with van der Waals surface area (Å²) in [6.07, 6.45) is 3.04. The van der Waals surface area contributed by atoms with E-state index in [4.69, 9.17) is 4.74 Å². The molecule has 2 aromatic carbocycles. The van der Waals surface area contributed by atoms with Gasteiger partial charge in [-0.3, -0.25) is 10.1 Å². The summed E-state index contributed by atoms with van der Waals surface area (Å²) in [4.78, 5) is 25.0. The summed E-state index contributed by atoms with van der Waals surface area (Å²) < 4.78 is 18.5. The van der Waals surface area contributed by atoms with Crippen LogP contribution in [0.1, 0.15) is 22.3 Å². The number of ether oxygens (including phenoxy) is 1. The molecule has 0 saturated carbocycles. The second-order valence-corrected chi connectivity index (χ2v) is 5.55. The first-order valence-electron chi connectivity index (χ1n) is 7.71. The Morgan fingerprint density at radius 3 is 2.68 bits per heavy atom. The van der Waals surface area contributed by atoms with Crippen LogP contribution in [0, 0.1) is 15.9 Å². The third-order valence-corrected chi connectivity index (χ3v) is 3.87. The standard InChI is InChI=1S/C18H15FN2O4/c19-14-5-8-17-16(10-14)13(11-20-17)2-1-9-25-18(22)12-3-6-15(7-4-12)21(23)24/h3-8,10-11,20H,1-2,9H2. The van der Waals surface area contributed by atoms with Crippen LogP contribution in [-0.2, 0) is 11.2 Å². The molecule has 3 aromatic rings. The van der Waals surface area contributed by atoms with E-state index in [1.165, 1.54) is 36.4 Å². The van der Waals surface area contributed by atoms with Crippen molar-refractivity contribution in [2.45, 2.75) is 12.8 Å². The fraction of sp³-hybridized carbons (Fsp3) is 0.167. The summed E-state index contributed by atoms with van der Waals surface area (Å²) in [5.41, 5.74) is 2.00. The minimum Gasteiger partial charge on any atom is -0.462 e. The van der Waals surface area contributed by atoms with Gasteiger partial charge in [0.05, 0.1) is 17.1 Å². The summed E-state index contributed by atoms with van der Waals surface area (Å²) in [5, 5.41) is 11.4. The van der Waals surface area contributed by atoms with Crippen molar-refractivity contribution in [1.82, 2.24) is 4.98 Å². The molecule has 3 rings (SSSR count). The number of H-pyrrole nitrogens is 1. The van der Waals surface area contributed by atoms with Crippen LogP contribution in [0.4, 0.5) is 10.1 Å². The lowest BCUT2D eigenvalue weighted by atomic mass is 10.1. The number of hydrogen-bond acceptors (Lipinski definition) is 4. The quantitative estimate of drug-likeness (QED) is 0.317. The van der Waals surface area contributed by atoms with Gasteiger partial charge in [-0.2, -0.15) is 0 Å². The van der Waals surface area contributed by atoms with E-state index in [2.05, 4.69) is 4.98 Å². The van der Waals surface area contributed by atoms with Crippen LogP contribution < -0.4 is 0 Å². The van der Waals surface area contributed by atoms with E-state index in [-0.39, 0.29) is 23.7 Å². The van der Waals surface area contributed by atoms with Crippen molar-refractivity contribution < 1.29 is 18.8 Å². The second kappa shape index (κ2) is 7.12. The highest BCUT2D eigenvalue weighted by atomic mass is 19.1. The smallest absolute Gasteiger partial charge is 0.338 e. The van der Waals surface area contributed by atoms with Crippen LogP contribution in [-0.4, -0.2) is 22.5 Å². The molecule has 0 saturated heterocycles. The van der Waals surface area contributed by atoms with Gasteiger partial charge in [-0.1, -0.05) is 0 Å². The van der Waals surface area contributed by atoms with E-state index in [9.17, 15) is 19.3 Å². The van der Waals surface area contributed by atoms with Gasteiger partial charge >= 0.3 is 5.97 Å². The van der Waals surface area contributed by atoms with Gasteiger partial charge in [-0.05, 0) is 48.7 Å². The summed E-state index contributed by atoms with van der Waals surface area (Å²) in [6, 6.07) is 9.81. The van der Waals surface area contributed by atoms with E-state index in [1.807, 2.05) is 6.20 Å². The molecule has 0 atom stereocenters. The molecular formula is C18H15FN2O4. The predicted octanol–water partition coefficient (Wildman–Crippen LogP) is 4.00. The van der Waals surface area contributed by atoms with E-state index in [0.29, 0.717) is 12.8 Å². The Bertz CT molecular complexity index is 918. The molecule has 1 heterocycles. The SMILES string of the molecule is O=C(OCCCc1c[nH]c2ccc(F)cc12)c1ccc([N+](=O)[O-])cc1. The predicted molar refractivity (Wildman–Crippen MR) is 90.0 cm³/mol. The minimum absolute atomic E-state index is 0.0804. The number of esters is 1. The van der Waals surface area contributed by atoms with Crippen LogP contribution >= 0.6 is 0 Å². The average Bonchev–Trinajstić information content (AvgIpc) is 3.00. The number of aryl methyl sites for hydroxylation is 1. The van der Waals surface area contributed by atoms with Gasteiger partial charge in [0.2, 0.25) is 0 Å². The lowest BCUT2D eigenvalue weighted by molar-refractivity contribution is -0.384. The Morgan fingerprint density at radius 1 is 1.20 bits per heavy atom. The first-order chi connectivity index (χ1) is 12.0. The van der Waals surface area contributed by atoms with Gasteiger partial charge in [0.25, 0.3) is 5.69 Å². The van der Waals surface area contributed by atoms with Gasteiger partial charge < -0.3 is 9.72 Å². The number of nitro benzene ring substituents is 1. The van der Waals surface area contributed by atoms with Crippen LogP contribution in [0.5, 0.6) is 0 Å². The van der Waals surface area contributed by atoms with Gasteiger partial charge in [0.15, 0.2) is 0 Å². The molecule has 0 aliphatic heterocycles. The second-order valence-electron chi connectivity index (χ2n) is 5.55. The molecule has 0 bridgehead atoms. The van der Waals surface area contributed by atoms with Crippen LogP contribution in [0.25, 0.3) is 10.9 Å². The Balaban J connectivity index is 1.53. The fourth-order valence-electron chi connectivity index (χ4n) is 2.59. The van der Waals surface area contributed by atoms with E-state index < -0.39 is 10.9 Å². The third kappa shape index (κ3) is 3.82. The summed E-state index contributed by atoms with van der Waals surface area (Å²) in [6.45, 7) is 0.206. The van der Waals surface area contributed by atoms with E-state index in [1.54, 1.807) is 6.07 Å². The summed E-state index contributed by atoms with van der Waals surface area (Å²) in [7, 11) is 0. The van der Waals surface area contributed by atoms with Crippen molar-refractivity contribution in [3.63, 3.8) is 0 Å². The number of non-ortho nitro benzene ring substituents is 1. The molecule has 0 aliphatic rings. The lowest BCUT2D eigenvalue weighted by Gasteiger charge is -2.04. The Morgan fingerprint density at radius 2 is 1.96 bits per heavy atom. The highest BCUT2D eigenvalue weighted by Crippen LogP contribution is 2.20. The molecule has 1 aromatic heterocycles. The first-order valence-corrected chi connectivity index (χ1v) is 7.71. The topological polar surface area (TPSA) is 85.2 Å². The van der Waals surface area contributed by atoms with Crippen LogP contribution in [0.3, 0.4) is 0 Å². The monoisotopic (exact) mass is 342 g/mol. The Kier molecular flexibility index (Phi) is 4.74. The molecule has 0 unspecified atom stereocenters.